The monoisotopic (exact) mass is 200 g/mol. The average Bonchev–Trinajstić information content (AvgIpc) is 2.56. The van der Waals surface area contributed by atoms with E-state index in [1.165, 1.54) is 0 Å². The van der Waals surface area contributed by atoms with Gasteiger partial charge in [0, 0.05) is 25.9 Å². The molecule has 1 unspecified atom stereocenters. The number of hydrogen-bond donors (Lipinski definition) is 2. The number of hydrogen-bond acceptors (Lipinski definition) is 4. The molecule has 0 aromatic heterocycles. The molecule has 14 heavy (non-hydrogen) atoms. The number of nitrogens with one attached hydrogen (secondary N) is 1. The first kappa shape index (κ1) is 9.89. The maximum atomic E-state index is 10.7. The Hall–Kier alpha value is -0.650. The lowest BCUT2D eigenvalue weighted by molar-refractivity contribution is -0.139. The molecule has 0 aliphatic carbocycles. The van der Waals surface area contributed by atoms with Crippen molar-refractivity contribution in [1.82, 2.24) is 10.2 Å². The summed E-state index contributed by atoms with van der Waals surface area (Å²) in [5, 5.41) is 11.9. The van der Waals surface area contributed by atoms with Crippen LogP contribution in [0.1, 0.15) is 12.8 Å². The minimum absolute atomic E-state index is 0.291. The summed E-state index contributed by atoms with van der Waals surface area (Å²) >= 11 is 0. The molecule has 2 aliphatic rings. The zero-order valence-electron chi connectivity index (χ0n) is 8.32. The second kappa shape index (κ2) is 3.49. The van der Waals surface area contributed by atoms with Gasteiger partial charge in [0.1, 0.15) is 11.8 Å². The molecule has 2 aliphatic heterocycles. The fourth-order valence-electron chi connectivity index (χ4n) is 2.05. The van der Waals surface area contributed by atoms with Crippen molar-refractivity contribution in [3.8, 4) is 0 Å². The Morgan fingerprint density at radius 2 is 2.21 bits per heavy atom. The van der Waals surface area contributed by atoms with Gasteiger partial charge in [0.05, 0.1) is 6.61 Å². The fourth-order valence-corrected chi connectivity index (χ4v) is 2.05. The van der Waals surface area contributed by atoms with Crippen LogP contribution in [0.25, 0.3) is 0 Å². The number of aliphatic carboxylic acids is 1. The van der Waals surface area contributed by atoms with Crippen LogP contribution in [0.5, 0.6) is 0 Å². The van der Waals surface area contributed by atoms with Crippen LogP contribution in [0.3, 0.4) is 0 Å². The Labute approximate surface area is 83.0 Å². The maximum Gasteiger partial charge on any atom is 0.323 e. The third-order valence-corrected chi connectivity index (χ3v) is 3.06. The molecule has 5 heteroatoms. The third-order valence-electron chi connectivity index (χ3n) is 3.06. The van der Waals surface area contributed by atoms with Crippen LogP contribution in [0.4, 0.5) is 0 Å². The van der Waals surface area contributed by atoms with Crippen molar-refractivity contribution in [2.75, 3.05) is 26.7 Å². The first-order chi connectivity index (χ1) is 6.61. The van der Waals surface area contributed by atoms with Gasteiger partial charge in [0.2, 0.25) is 0 Å². The van der Waals surface area contributed by atoms with Crippen molar-refractivity contribution in [2.45, 2.75) is 24.6 Å². The van der Waals surface area contributed by atoms with Crippen molar-refractivity contribution < 1.29 is 14.6 Å². The molecule has 0 saturated carbocycles. The van der Waals surface area contributed by atoms with Crippen LogP contribution >= 0.6 is 0 Å². The van der Waals surface area contributed by atoms with Gasteiger partial charge in [0.25, 0.3) is 0 Å². The molecule has 0 amide bonds. The van der Waals surface area contributed by atoms with Gasteiger partial charge in [-0.25, -0.2) is 0 Å². The Kier molecular flexibility index (Phi) is 2.47. The molecule has 5 nitrogen and oxygen atoms in total. The van der Waals surface area contributed by atoms with Crippen LogP contribution in [0.2, 0.25) is 0 Å². The number of carboxylic acid groups (broad SMARTS) is 1. The van der Waals surface area contributed by atoms with Crippen molar-refractivity contribution in [1.29, 1.82) is 0 Å². The zero-order chi connectivity index (χ0) is 10.2. The second-order valence-electron chi connectivity index (χ2n) is 4.14. The largest absolute Gasteiger partial charge is 0.480 e. The van der Waals surface area contributed by atoms with Gasteiger partial charge in [-0.15, -0.1) is 0 Å². The number of piperidine rings is 1. The molecule has 0 aromatic carbocycles. The number of ether oxygens (including phenoxy) is 1. The smallest absolute Gasteiger partial charge is 0.323 e. The highest BCUT2D eigenvalue weighted by molar-refractivity contribution is 5.74. The molecule has 2 saturated heterocycles. The van der Waals surface area contributed by atoms with E-state index >= 15 is 0 Å². The lowest BCUT2D eigenvalue weighted by Gasteiger charge is -2.37. The Morgan fingerprint density at radius 1 is 1.57 bits per heavy atom. The van der Waals surface area contributed by atoms with Gasteiger partial charge in [-0.2, -0.15) is 0 Å². The molecule has 0 bridgehead atoms. The SMILES string of the molecule is CN1CCC2(CC1)NC(C(=O)O)CO2. The second-order valence-corrected chi connectivity index (χ2v) is 4.14. The van der Waals surface area contributed by atoms with Crippen molar-refractivity contribution >= 4 is 5.97 Å². The molecular weight excluding hydrogens is 184 g/mol. The summed E-state index contributed by atoms with van der Waals surface area (Å²) < 4.78 is 5.59. The minimum Gasteiger partial charge on any atom is -0.480 e. The quantitative estimate of drug-likeness (QED) is 0.596. The molecule has 1 spiro atoms. The zero-order valence-corrected chi connectivity index (χ0v) is 8.32. The first-order valence-electron chi connectivity index (χ1n) is 4.94. The highest BCUT2D eigenvalue weighted by atomic mass is 16.5. The number of carbonyl (C=O) groups is 1. The number of nitrogens with zero attached hydrogens (tertiary/aromatic N) is 1. The van der Waals surface area contributed by atoms with E-state index in [1.54, 1.807) is 0 Å². The van der Waals surface area contributed by atoms with Crippen molar-refractivity contribution in [2.24, 2.45) is 0 Å². The van der Waals surface area contributed by atoms with E-state index < -0.39 is 12.0 Å². The minimum atomic E-state index is -0.819. The summed E-state index contributed by atoms with van der Waals surface area (Å²) in [6.45, 7) is 2.21. The third kappa shape index (κ3) is 1.75. The Morgan fingerprint density at radius 3 is 2.71 bits per heavy atom. The van der Waals surface area contributed by atoms with E-state index in [2.05, 4.69) is 17.3 Å². The molecule has 2 N–H and O–H groups in total. The van der Waals surface area contributed by atoms with Crippen molar-refractivity contribution in [3.05, 3.63) is 0 Å². The molecule has 2 rings (SSSR count). The highest BCUT2D eigenvalue weighted by Gasteiger charge is 2.43. The summed E-state index contributed by atoms with van der Waals surface area (Å²) in [5.74, 6) is -0.819. The normalized spacial score (nSPS) is 32.2. The van der Waals surface area contributed by atoms with Gasteiger partial charge >= 0.3 is 5.97 Å². The van der Waals surface area contributed by atoms with E-state index in [9.17, 15) is 4.79 Å². The van der Waals surface area contributed by atoms with Crippen LogP contribution < -0.4 is 5.32 Å². The van der Waals surface area contributed by atoms with E-state index in [-0.39, 0.29) is 5.72 Å². The van der Waals surface area contributed by atoms with Crippen LogP contribution in [0, 0.1) is 0 Å². The van der Waals surface area contributed by atoms with E-state index in [0.29, 0.717) is 6.61 Å². The van der Waals surface area contributed by atoms with Crippen LogP contribution in [0.15, 0.2) is 0 Å². The van der Waals surface area contributed by atoms with Gasteiger partial charge in [-0.05, 0) is 7.05 Å². The standard InChI is InChI=1S/C9H16N2O3/c1-11-4-2-9(3-5-11)10-7(6-14-9)8(12)13/h7,10H,2-6H2,1H3,(H,12,13). The molecule has 1 atom stereocenters. The molecule has 2 fully saturated rings. The predicted octanol–water partition coefficient (Wildman–Crippen LogP) is -0.519. The molecular formula is C9H16N2O3. The summed E-state index contributed by atoms with van der Waals surface area (Å²) in [5.41, 5.74) is -0.366. The van der Waals surface area contributed by atoms with Crippen LogP contribution in [-0.4, -0.2) is 54.5 Å². The maximum absolute atomic E-state index is 10.7. The van der Waals surface area contributed by atoms with Gasteiger partial charge in [-0.3, -0.25) is 10.1 Å². The van der Waals surface area contributed by atoms with E-state index in [0.717, 1.165) is 25.9 Å². The topological polar surface area (TPSA) is 61.8 Å². The number of carboxylic acids is 1. The summed E-state index contributed by atoms with van der Waals surface area (Å²) in [6.07, 6.45) is 1.74. The Bertz CT molecular complexity index is 236. The lowest BCUT2D eigenvalue weighted by atomic mass is 10.0. The molecule has 2 heterocycles. The first-order valence-corrected chi connectivity index (χ1v) is 4.94. The summed E-state index contributed by atoms with van der Waals surface area (Å²) in [6, 6.07) is -0.529. The Balaban J connectivity index is 1.96. The molecule has 80 valence electrons. The summed E-state index contributed by atoms with van der Waals surface area (Å²) in [4.78, 5) is 13.0. The fraction of sp³-hybridized carbons (Fsp3) is 0.889. The van der Waals surface area contributed by atoms with Gasteiger partial charge in [0.15, 0.2) is 0 Å². The number of rotatable bonds is 1. The van der Waals surface area contributed by atoms with E-state index in [4.69, 9.17) is 9.84 Å². The van der Waals surface area contributed by atoms with E-state index in [1.807, 2.05) is 0 Å². The molecule has 0 radical (unpaired) electrons. The highest BCUT2D eigenvalue weighted by Crippen LogP contribution is 2.27. The summed E-state index contributed by atoms with van der Waals surface area (Å²) in [7, 11) is 2.07. The predicted molar refractivity (Wildman–Crippen MR) is 50.0 cm³/mol. The van der Waals surface area contributed by atoms with Crippen LogP contribution in [-0.2, 0) is 9.53 Å². The van der Waals surface area contributed by atoms with Crippen molar-refractivity contribution in [3.63, 3.8) is 0 Å². The lowest BCUT2D eigenvalue weighted by Crippen LogP contribution is -2.52. The molecule has 0 aromatic rings. The number of likely N-dealkylation sites (tertiary alicyclic amines) is 1. The van der Waals surface area contributed by atoms with Gasteiger partial charge < -0.3 is 14.7 Å². The average molecular weight is 200 g/mol. The van der Waals surface area contributed by atoms with Gasteiger partial charge in [-0.1, -0.05) is 0 Å².